The van der Waals surface area contributed by atoms with E-state index in [1.54, 1.807) is 6.92 Å². The van der Waals surface area contributed by atoms with Crippen LogP contribution >= 0.6 is 0 Å². The number of nitrogens with one attached hydrogen (secondary N) is 2. The van der Waals surface area contributed by atoms with Gasteiger partial charge in [0, 0.05) is 6.92 Å². The lowest BCUT2D eigenvalue weighted by Gasteiger charge is -2.00. The number of aromatic nitrogens is 4. The van der Waals surface area contributed by atoms with Gasteiger partial charge < -0.3 is 10.3 Å². The SMILES string of the molecule is CC(=O)Nc1nc(F)nc2nc(C)[nH]c12. The van der Waals surface area contributed by atoms with Gasteiger partial charge >= 0.3 is 6.08 Å². The minimum Gasteiger partial charge on any atom is -0.338 e. The third-order valence-corrected chi connectivity index (χ3v) is 1.74. The van der Waals surface area contributed by atoms with E-state index in [1.165, 1.54) is 6.92 Å². The highest BCUT2D eigenvalue weighted by molar-refractivity contribution is 5.95. The van der Waals surface area contributed by atoms with Gasteiger partial charge in [0.2, 0.25) is 5.91 Å². The third-order valence-electron chi connectivity index (χ3n) is 1.74. The molecule has 1 amide bonds. The van der Waals surface area contributed by atoms with Crippen molar-refractivity contribution in [2.75, 3.05) is 5.32 Å². The van der Waals surface area contributed by atoms with Crippen molar-refractivity contribution in [2.45, 2.75) is 13.8 Å². The number of rotatable bonds is 1. The van der Waals surface area contributed by atoms with Gasteiger partial charge in [0.25, 0.3) is 0 Å². The molecule has 0 saturated carbocycles. The minimum absolute atomic E-state index is 0.102. The number of aryl methyl sites for hydroxylation is 1. The summed E-state index contributed by atoms with van der Waals surface area (Å²) in [4.78, 5) is 24.6. The number of fused-ring (bicyclic) bond motifs is 1. The van der Waals surface area contributed by atoms with E-state index in [2.05, 4.69) is 25.3 Å². The molecular formula is C8H8FN5O. The van der Waals surface area contributed by atoms with Crippen molar-refractivity contribution < 1.29 is 9.18 Å². The molecule has 0 bridgehead atoms. The van der Waals surface area contributed by atoms with Crippen LogP contribution in [-0.4, -0.2) is 25.8 Å². The monoisotopic (exact) mass is 209 g/mol. The molecule has 2 heterocycles. The Labute approximate surface area is 84.0 Å². The molecule has 2 aromatic rings. The molecule has 0 spiro atoms. The standard InChI is InChI=1S/C8H8FN5O/c1-3-10-5-6(11-3)13-8(9)14-7(5)12-4(2)15/h1-2H3,(H2,10,11,12,13,14,15). The zero-order valence-corrected chi connectivity index (χ0v) is 8.13. The van der Waals surface area contributed by atoms with Crippen LogP contribution in [0.15, 0.2) is 0 Å². The molecule has 0 aliphatic rings. The van der Waals surface area contributed by atoms with E-state index in [9.17, 15) is 9.18 Å². The Hall–Kier alpha value is -2.05. The molecule has 6 nitrogen and oxygen atoms in total. The summed E-state index contributed by atoms with van der Waals surface area (Å²) < 4.78 is 12.9. The van der Waals surface area contributed by atoms with E-state index in [0.717, 1.165) is 0 Å². The maximum absolute atomic E-state index is 12.9. The van der Waals surface area contributed by atoms with Crippen molar-refractivity contribution in [3.63, 3.8) is 0 Å². The second kappa shape index (κ2) is 3.26. The predicted octanol–water partition coefficient (Wildman–Crippen LogP) is 0.759. The molecule has 0 atom stereocenters. The molecule has 0 aliphatic heterocycles. The van der Waals surface area contributed by atoms with E-state index in [0.29, 0.717) is 11.3 Å². The van der Waals surface area contributed by atoms with E-state index in [4.69, 9.17) is 0 Å². The Morgan fingerprint density at radius 2 is 2.13 bits per heavy atom. The van der Waals surface area contributed by atoms with Crippen LogP contribution in [0.1, 0.15) is 12.7 Å². The normalized spacial score (nSPS) is 10.6. The summed E-state index contributed by atoms with van der Waals surface area (Å²) in [5.41, 5.74) is 0.618. The number of halogens is 1. The predicted molar refractivity (Wildman–Crippen MR) is 50.7 cm³/mol. The van der Waals surface area contributed by atoms with Gasteiger partial charge in [0.1, 0.15) is 11.3 Å². The quantitative estimate of drug-likeness (QED) is 0.679. The molecule has 0 aliphatic carbocycles. The summed E-state index contributed by atoms with van der Waals surface area (Å²) in [6.07, 6.45) is -0.919. The average molecular weight is 209 g/mol. The molecule has 0 aromatic carbocycles. The molecule has 2 N–H and O–H groups in total. The van der Waals surface area contributed by atoms with E-state index < -0.39 is 6.08 Å². The van der Waals surface area contributed by atoms with Gasteiger partial charge in [0.05, 0.1) is 0 Å². The van der Waals surface area contributed by atoms with Crippen molar-refractivity contribution in [1.29, 1.82) is 0 Å². The fourth-order valence-corrected chi connectivity index (χ4v) is 1.24. The van der Waals surface area contributed by atoms with Crippen LogP contribution < -0.4 is 5.32 Å². The number of hydrogen-bond acceptors (Lipinski definition) is 4. The maximum atomic E-state index is 12.9. The van der Waals surface area contributed by atoms with Crippen LogP contribution in [0.2, 0.25) is 0 Å². The molecule has 0 unspecified atom stereocenters. The Morgan fingerprint density at radius 3 is 2.80 bits per heavy atom. The van der Waals surface area contributed by atoms with Crippen LogP contribution in [0, 0.1) is 13.0 Å². The van der Waals surface area contributed by atoms with Crippen molar-refractivity contribution in [2.24, 2.45) is 0 Å². The second-order valence-electron chi connectivity index (χ2n) is 3.04. The third kappa shape index (κ3) is 1.76. The summed E-state index contributed by atoms with van der Waals surface area (Å²) in [7, 11) is 0. The second-order valence-corrected chi connectivity index (χ2v) is 3.04. The van der Waals surface area contributed by atoms with E-state index >= 15 is 0 Å². The first-order valence-electron chi connectivity index (χ1n) is 4.23. The number of amides is 1. The molecule has 0 radical (unpaired) electrons. The number of carbonyl (C=O) groups is 1. The van der Waals surface area contributed by atoms with Crippen LogP contribution in [0.25, 0.3) is 11.2 Å². The number of anilines is 1. The largest absolute Gasteiger partial charge is 0.338 e. The Kier molecular flexibility index (Phi) is 2.07. The highest BCUT2D eigenvalue weighted by Crippen LogP contribution is 2.17. The maximum Gasteiger partial charge on any atom is 0.312 e. The fourth-order valence-electron chi connectivity index (χ4n) is 1.24. The Balaban J connectivity index is 2.64. The molecule has 0 saturated heterocycles. The van der Waals surface area contributed by atoms with Crippen LogP contribution in [0.3, 0.4) is 0 Å². The van der Waals surface area contributed by atoms with Gasteiger partial charge in [-0.25, -0.2) is 4.98 Å². The fraction of sp³-hybridized carbons (Fsp3) is 0.250. The smallest absolute Gasteiger partial charge is 0.312 e. The topological polar surface area (TPSA) is 83.6 Å². The van der Waals surface area contributed by atoms with Crippen molar-refractivity contribution >= 4 is 22.9 Å². The van der Waals surface area contributed by atoms with Crippen molar-refractivity contribution in [3.05, 3.63) is 11.9 Å². The molecule has 78 valence electrons. The Bertz CT molecular complexity index is 535. The zero-order chi connectivity index (χ0) is 11.0. The van der Waals surface area contributed by atoms with Gasteiger partial charge in [-0.1, -0.05) is 0 Å². The van der Waals surface area contributed by atoms with Gasteiger partial charge in [-0.15, -0.1) is 0 Å². The lowest BCUT2D eigenvalue weighted by molar-refractivity contribution is -0.114. The summed E-state index contributed by atoms with van der Waals surface area (Å²) >= 11 is 0. The molecule has 7 heteroatoms. The van der Waals surface area contributed by atoms with Crippen LogP contribution in [0.5, 0.6) is 0 Å². The van der Waals surface area contributed by atoms with Gasteiger partial charge in [-0.2, -0.15) is 14.4 Å². The highest BCUT2D eigenvalue weighted by Gasteiger charge is 2.11. The number of hydrogen-bond donors (Lipinski definition) is 2. The van der Waals surface area contributed by atoms with Gasteiger partial charge in [0.15, 0.2) is 11.5 Å². The summed E-state index contributed by atoms with van der Waals surface area (Å²) in [6.45, 7) is 3.02. The number of H-pyrrole nitrogens is 1. The number of imidazole rings is 1. The minimum atomic E-state index is -0.919. The molecule has 2 aromatic heterocycles. The Morgan fingerprint density at radius 1 is 1.40 bits per heavy atom. The van der Waals surface area contributed by atoms with Crippen molar-refractivity contribution in [1.82, 2.24) is 19.9 Å². The summed E-state index contributed by atoms with van der Waals surface area (Å²) in [6, 6.07) is 0. The average Bonchev–Trinajstić information content (AvgIpc) is 2.44. The van der Waals surface area contributed by atoms with Gasteiger partial charge in [-0.3, -0.25) is 4.79 Å². The molecule has 0 fully saturated rings. The van der Waals surface area contributed by atoms with Gasteiger partial charge in [-0.05, 0) is 6.92 Å². The first-order valence-corrected chi connectivity index (χ1v) is 4.23. The molecule has 2 rings (SSSR count). The lowest BCUT2D eigenvalue weighted by Crippen LogP contribution is -2.09. The van der Waals surface area contributed by atoms with Crippen LogP contribution in [-0.2, 0) is 4.79 Å². The molecule has 15 heavy (non-hydrogen) atoms. The first-order chi connectivity index (χ1) is 7.06. The highest BCUT2D eigenvalue weighted by atomic mass is 19.1. The van der Waals surface area contributed by atoms with Crippen molar-refractivity contribution in [3.8, 4) is 0 Å². The summed E-state index contributed by atoms with van der Waals surface area (Å²) in [5, 5.41) is 2.40. The summed E-state index contributed by atoms with van der Waals surface area (Å²) in [5.74, 6) is 0.351. The number of nitrogens with zero attached hydrogens (tertiary/aromatic N) is 3. The molecular weight excluding hydrogens is 201 g/mol. The lowest BCUT2D eigenvalue weighted by atomic mass is 10.5. The van der Waals surface area contributed by atoms with E-state index in [1.807, 2.05) is 0 Å². The number of aromatic amines is 1. The van der Waals surface area contributed by atoms with E-state index in [-0.39, 0.29) is 17.4 Å². The first kappa shape index (κ1) is 9.50. The van der Waals surface area contributed by atoms with Crippen LogP contribution in [0.4, 0.5) is 10.2 Å². The zero-order valence-electron chi connectivity index (χ0n) is 8.13. The number of carbonyl (C=O) groups excluding carboxylic acids is 1.